The first-order valence-corrected chi connectivity index (χ1v) is 6.28. The van der Waals surface area contributed by atoms with Crippen molar-refractivity contribution in [3.63, 3.8) is 0 Å². The third-order valence-electron chi connectivity index (χ3n) is 2.90. The van der Waals surface area contributed by atoms with Crippen molar-refractivity contribution in [1.82, 2.24) is 5.23 Å². The first-order valence-electron chi connectivity index (χ1n) is 6.28. The number of carbonyl (C=O) groups is 1. The molecule has 0 amide bonds. The van der Waals surface area contributed by atoms with Gasteiger partial charge in [-0.2, -0.15) is 0 Å². The summed E-state index contributed by atoms with van der Waals surface area (Å²) in [7, 11) is 0. The molecule has 21 heavy (non-hydrogen) atoms. The minimum atomic E-state index is -1.30. The van der Waals surface area contributed by atoms with Crippen molar-refractivity contribution >= 4 is 5.97 Å². The third-order valence-corrected chi connectivity index (χ3v) is 2.90. The Kier molecular flexibility index (Phi) is 4.89. The molecule has 0 aliphatic heterocycles. The molecule has 1 atom stereocenters. The van der Waals surface area contributed by atoms with E-state index in [4.69, 9.17) is 4.74 Å². The number of hydroxylamine groups is 2. The van der Waals surface area contributed by atoms with Gasteiger partial charge in [-0.1, -0.05) is 47.7 Å². The number of rotatable bonds is 5. The lowest BCUT2D eigenvalue weighted by molar-refractivity contribution is -0.326. The monoisotopic (exact) mass is 289 g/mol. The molecule has 3 N–H and O–H groups in total. The highest BCUT2D eigenvalue weighted by atomic mass is 16.8. The fourth-order valence-corrected chi connectivity index (χ4v) is 1.82. The van der Waals surface area contributed by atoms with E-state index in [1.807, 2.05) is 6.07 Å². The van der Waals surface area contributed by atoms with E-state index >= 15 is 0 Å². The number of aromatic hydroxyl groups is 1. The van der Waals surface area contributed by atoms with Gasteiger partial charge in [-0.25, -0.2) is 4.79 Å². The van der Waals surface area contributed by atoms with E-state index in [1.165, 1.54) is 12.1 Å². The average Bonchev–Trinajstić information content (AvgIpc) is 2.48. The zero-order valence-electron chi connectivity index (χ0n) is 11.1. The number of hydrogen-bond donors (Lipinski definition) is 3. The van der Waals surface area contributed by atoms with E-state index in [0.29, 0.717) is 0 Å². The number of ether oxygens (including phenoxy) is 1. The molecule has 2 rings (SSSR count). The molecule has 110 valence electrons. The Morgan fingerprint density at radius 1 is 1.05 bits per heavy atom. The molecule has 0 spiro atoms. The van der Waals surface area contributed by atoms with E-state index in [9.17, 15) is 20.3 Å². The Morgan fingerprint density at radius 2 is 1.67 bits per heavy atom. The molecule has 6 nitrogen and oxygen atoms in total. The van der Waals surface area contributed by atoms with E-state index < -0.39 is 12.0 Å². The van der Waals surface area contributed by atoms with Crippen LogP contribution in [0.2, 0.25) is 0 Å². The quantitative estimate of drug-likeness (QED) is 0.443. The summed E-state index contributed by atoms with van der Waals surface area (Å²) in [6.45, 7) is 0. The highest BCUT2D eigenvalue weighted by Gasteiger charge is 2.27. The number of phenols is 1. The largest absolute Gasteiger partial charge is 0.504 e. The van der Waals surface area contributed by atoms with E-state index in [-0.39, 0.29) is 23.1 Å². The van der Waals surface area contributed by atoms with Gasteiger partial charge >= 0.3 is 5.97 Å². The van der Waals surface area contributed by atoms with Gasteiger partial charge in [0.1, 0.15) is 0 Å². The molecule has 6 heteroatoms. The zero-order chi connectivity index (χ0) is 15.2. The predicted molar refractivity (Wildman–Crippen MR) is 73.1 cm³/mol. The van der Waals surface area contributed by atoms with Gasteiger partial charge in [-0.15, -0.1) is 0 Å². The van der Waals surface area contributed by atoms with Crippen LogP contribution < -0.4 is 4.74 Å². The van der Waals surface area contributed by atoms with Gasteiger partial charge in [0.25, 0.3) is 0 Å². The third kappa shape index (κ3) is 4.03. The predicted octanol–water partition coefficient (Wildman–Crippen LogP) is 1.99. The summed E-state index contributed by atoms with van der Waals surface area (Å²) in [4.78, 5) is 12.0. The standard InChI is InChI=1S/C15H15NO5/c17-13-8-4-5-9-14(13)21-15(18)12(16(19)20)10-11-6-2-1-3-7-11/h1-9,12,17,19-20H,10H2/t12-/m0/s1. The first kappa shape index (κ1) is 15.0. The second-order valence-electron chi connectivity index (χ2n) is 4.41. The molecular weight excluding hydrogens is 274 g/mol. The van der Waals surface area contributed by atoms with Gasteiger partial charge in [-0.05, 0) is 17.7 Å². The molecular formula is C15H15NO5. The van der Waals surface area contributed by atoms with Gasteiger partial charge in [0.2, 0.25) is 0 Å². The maximum Gasteiger partial charge on any atom is 0.334 e. The molecule has 0 radical (unpaired) electrons. The van der Waals surface area contributed by atoms with Crippen molar-refractivity contribution in [2.24, 2.45) is 0 Å². The maximum absolute atomic E-state index is 12.0. The van der Waals surface area contributed by atoms with Gasteiger partial charge in [0.05, 0.1) is 0 Å². The lowest BCUT2D eigenvalue weighted by Gasteiger charge is -2.19. The van der Waals surface area contributed by atoms with E-state index in [1.54, 1.807) is 36.4 Å². The van der Waals surface area contributed by atoms with E-state index in [2.05, 4.69) is 0 Å². The van der Waals surface area contributed by atoms with Gasteiger partial charge in [0, 0.05) is 6.42 Å². The molecule has 2 aromatic carbocycles. The van der Waals surface area contributed by atoms with Gasteiger partial charge in [-0.3, -0.25) is 10.4 Å². The number of nitrogens with zero attached hydrogens (tertiary/aromatic N) is 1. The number of para-hydroxylation sites is 2. The van der Waals surface area contributed by atoms with Crippen molar-refractivity contribution in [3.8, 4) is 11.5 Å². The van der Waals surface area contributed by atoms with E-state index in [0.717, 1.165) is 5.56 Å². The average molecular weight is 289 g/mol. The Labute approximate surface area is 121 Å². The van der Waals surface area contributed by atoms with Crippen LogP contribution in [0.4, 0.5) is 0 Å². The molecule has 0 fully saturated rings. The lowest BCUT2D eigenvalue weighted by atomic mass is 10.1. The fraction of sp³-hybridized carbons (Fsp3) is 0.133. The van der Waals surface area contributed by atoms with Crippen LogP contribution in [-0.4, -0.2) is 32.8 Å². The fourth-order valence-electron chi connectivity index (χ4n) is 1.82. The second kappa shape index (κ2) is 6.85. The smallest absolute Gasteiger partial charge is 0.334 e. The topological polar surface area (TPSA) is 90.2 Å². The summed E-state index contributed by atoms with van der Waals surface area (Å²) in [5, 5.41) is 27.8. The summed E-state index contributed by atoms with van der Waals surface area (Å²) in [5.74, 6) is -1.13. The van der Waals surface area contributed by atoms with Crippen molar-refractivity contribution in [1.29, 1.82) is 0 Å². The van der Waals surface area contributed by atoms with Crippen molar-refractivity contribution in [2.45, 2.75) is 12.5 Å². The highest BCUT2D eigenvalue weighted by molar-refractivity contribution is 5.78. The second-order valence-corrected chi connectivity index (χ2v) is 4.41. The zero-order valence-corrected chi connectivity index (χ0v) is 11.1. The van der Waals surface area contributed by atoms with Crippen LogP contribution in [0.3, 0.4) is 0 Å². The number of benzene rings is 2. The molecule has 0 bridgehead atoms. The lowest BCUT2D eigenvalue weighted by Crippen LogP contribution is -2.41. The van der Waals surface area contributed by atoms with Crippen LogP contribution in [0.15, 0.2) is 54.6 Å². The summed E-state index contributed by atoms with van der Waals surface area (Å²) < 4.78 is 4.99. The van der Waals surface area contributed by atoms with Crippen LogP contribution in [0.25, 0.3) is 0 Å². The highest BCUT2D eigenvalue weighted by Crippen LogP contribution is 2.25. The van der Waals surface area contributed by atoms with Crippen LogP contribution in [-0.2, 0) is 11.2 Å². The summed E-state index contributed by atoms with van der Waals surface area (Å²) in [5.41, 5.74) is 0.741. The SMILES string of the molecule is O=C(Oc1ccccc1O)[C@H](Cc1ccccc1)N(O)O. The van der Waals surface area contributed by atoms with Crippen LogP contribution >= 0.6 is 0 Å². The summed E-state index contributed by atoms with van der Waals surface area (Å²) in [6, 6.07) is 13.5. The Hall–Kier alpha value is -2.41. The molecule has 0 aromatic heterocycles. The Bertz CT molecular complexity index is 600. The van der Waals surface area contributed by atoms with Crippen molar-refractivity contribution < 1.29 is 25.1 Å². The molecule has 0 aliphatic rings. The minimum absolute atomic E-state index is 0.0394. The molecule has 0 heterocycles. The number of hydrogen-bond acceptors (Lipinski definition) is 6. The van der Waals surface area contributed by atoms with Gasteiger partial charge in [0.15, 0.2) is 17.5 Å². The van der Waals surface area contributed by atoms with Gasteiger partial charge < -0.3 is 9.84 Å². The molecule has 0 saturated carbocycles. The Morgan fingerprint density at radius 3 is 2.29 bits per heavy atom. The van der Waals surface area contributed by atoms with Crippen LogP contribution in [0.1, 0.15) is 5.56 Å². The molecule has 2 aromatic rings. The number of phenolic OH excluding ortho intramolecular Hbond substituents is 1. The number of esters is 1. The normalized spacial score (nSPS) is 12.1. The maximum atomic E-state index is 12.0. The summed E-state index contributed by atoms with van der Waals surface area (Å²) in [6.07, 6.45) is 0.0558. The molecule has 0 aliphatic carbocycles. The number of carbonyl (C=O) groups excluding carboxylic acids is 1. The molecule has 0 saturated heterocycles. The van der Waals surface area contributed by atoms with Crippen LogP contribution in [0, 0.1) is 0 Å². The van der Waals surface area contributed by atoms with Crippen molar-refractivity contribution in [3.05, 3.63) is 60.2 Å². The minimum Gasteiger partial charge on any atom is -0.504 e. The van der Waals surface area contributed by atoms with Crippen LogP contribution in [0.5, 0.6) is 11.5 Å². The summed E-state index contributed by atoms with van der Waals surface area (Å²) >= 11 is 0. The van der Waals surface area contributed by atoms with Crippen molar-refractivity contribution in [2.75, 3.05) is 0 Å². The Balaban J connectivity index is 2.11. The molecule has 0 unspecified atom stereocenters. The first-order chi connectivity index (χ1) is 10.1.